The first-order chi connectivity index (χ1) is 15.8. The Morgan fingerprint density at radius 1 is 0.939 bits per heavy atom. The molecule has 0 aliphatic heterocycles. The lowest BCUT2D eigenvalue weighted by molar-refractivity contribution is 0.623. The van der Waals surface area contributed by atoms with Crippen molar-refractivity contribution in [2.75, 3.05) is 10.6 Å². The highest BCUT2D eigenvalue weighted by molar-refractivity contribution is 7.80. The molecule has 0 spiro atoms. The van der Waals surface area contributed by atoms with E-state index in [0.717, 1.165) is 16.8 Å². The maximum atomic E-state index is 13.3. The van der Waals surface area contributed by atoms with Gasteiger partial charge < -0.3 is 10.6 Å². The van der Waals surface area contributed by atoms with Gasteiger partial charge in [-0.2, -0.15) is 10.2 Å². The summed E-state index contributed by atoms with van der Waals surface area (Å²) in [5.74, 6) is 0.743. The minimum Gasteiger partial charge on any atom is -0.316 e. The minimum atomic E-state index is -0.378. The van der Waals surface area contributed by atoms with Crippen LogP contribution < -0.4 is 10.6 Å². The van der Waals surface area contributed by atoms with Gasteiger partial charge in [0.25, 0.3) is 0 Å². The van der Waals surface area contributed by atoms with Crippen LogP contribution in [-0.4, -0.2) is 24.7 Å². The molecular weight excluding hydrogens is 506 g/mol. The first-order valence-corrected chi connectivity index (χ1v) is 11.4. The number of thiocarbonyl (C=S) groups is 1. The zero-order valence-electron chi connectivity index (χ0n) is 17.3. The molecular formula is C22H18Cl3FN6S. The summed E-state index contributed by atoms with van der Waals surface area (Å²) in [7, 11) is 0. The van der Waals surface area contributed by atoms with Crippen LogP contribution in [0.2, 0.25) is 15.1 Å². The predicted octanol–water partition coefficient (Wildman–Crippen LogP) is 6.39. The Labute approximate surface area is 210 Å². The number of benzene rings is 2. The molecule has 2 N–H and O–H groups in total. The Kier molecular flexibility index (Phi) is 7.19. The second kappa shape index (κ2) is 10.1. The molecule has 0 fully saturated rings. The zero-order chi connectivity index (χ0) is 23.5. The fourth-order valence-corrected chi connectivity index (χ4v) is 4.12. The van der Waals surface area contributed by atoms with Crippen LogP contribution >= 0.6 is 47.0 Å². The molecule has 0 aliphatic rings. The van der Waals surface area contributed by atoms with E-state index in [2.05, 4.69) is 20.8 Å². The Morgan fingerprint density at radius 3 is 2.39 bits per heavy atom. The van der Waals surface area contributed by atoms with Gasteiger partial charge in [0.15, 0.2) is 16.7 Å². The smallest absolute Gasteiger partial charge is 0.177 e. The number of nitrogens with zero attached hydrogens (tertiary/aromatic N) is 4. The maximum Gasteiger partial charge on any atom is 0.177 e. The number of halogens is 4. The van der Waals surface area contributed by atoms with Crippen LogP contribution in [0.15, 0.2) is 54.7 Å². The third-order valence-electron chi connectivity index (χ3n) is 4.82. The van der Waals surface area contributed by atoms with Gasteiger partial charge in [-0.1, -0.05) is 46.9 Å². The Bertz CT molecular complexity index is 1300. The van der Waals surface area contributed by atoms with E-state index in [9.17, 15) is 4.39 Å². The predicted molar refractivity (Wildman–Crippen MR) is 135 cm³/mol. The zero-order valence-corrected chi connectivity index (χ0v) is 20.4. The molecule has 170 valence electrons. The summed E-state index contributed by atoms with van der Waals surface area (Å²) in [6.45, 7) is 2.74. The van der Waals surface area contributed by atoms with Gasteiger partial charge in [0, 0.05) is 44.7 Å². The highest BCUT2D eigenvalue weighted by atomic mass is 35.5. The average molecular weight is 524 g/mol. The van der Waals surface area contributed by atoms with Gasteiger partial charge in [-0.05, 0) is 49.0 Å². The van der Waals surface area contributed by atoms with E-state index in [0.29, 0.717) is 44.9 Å². The van der Waals surface area contributed by atoms with Gasteiger partial charge in [0.1, 0.15) is 5.82 Å². The molecule has 6 nitrogen and oxygen atoms in total. The van der Waals surface area contributed by atoms with Gasteiger partial charge in [-0.3, -0.25) is 9.36 Å². The summed E-state index contributed by atoms with van der Waals surface area (Å²) in [5, 5.41) is 16.9. The van der Waals surface area contributed by atoms with Crippen molar-refractivity contribution in [3.05, 3.63) is 92.4 Å². The number of hydrogen-bond acceptors (Lipinski definition) is 3. The number of nitrogens with one attached hydrogen (secondary N) is 2. The van der Waals surface area contributed by atoms with Crippen molar-refractivity contribution in [2.24, 2.45) is 0 Å². The van der Waals surface area contributed by atoms with E-state index in [4.69, 9.17) is 47.0 Å². The number of hydrogen-bond donors (Lipinski definition) is 2. The topological polar surface area (TPSA) is 59.7 Å². The van der Waals surface area contributed by atoms with Gasteiger partial charge in [-0.25, -0.2) is 4.39 Å². The van der Waals surface area contributed by atoms with E-state index in [1.54, 1.807) is 45.9 Å². The summed E-state index contributed by atoms with van der Waals surface area (Å²) < 4.78 is 16.7. The molecule has 0 saturated carbocycles. The second-order valence-electron chi connectivity index (χ2n) is 7.24. The summed E-state index contributed by atoms with van der Waals surface area (Å²) in [5.41, 5.74) is 2.45. The highest BCUT2D eigenvalue weighted by Gasteiger charge is 2.11. The van der Waals surface area contributed by atoms with Crippen LogP contribution in [0.4, 0.5) is 16.0 Å². The molecule has 0 bridgehead atoms. The minimum absolute atomic E-state index is 0.334. The summed E-state index contributed by atoms with van der Waals surface area (Å²) in [4.78, 5) is 0. The number of rotatable bonds is 6. The Balaban J connectivity index is 1.38. The normalized spacial score (nSPS) is 10.9. The second-order valence-corrected chi connectivity index (χ2v) is 8.87. The van der Waals surface area contributed by atoms with Crippen molar-refractivity contribution in [1.29, 1.82) is 0 Å². The van der Waals surface area contributed by atoms with Crippen LogP contribution in [0.3, 0.4) is 0 Å². The number of anilines is 2. The van der Waals surface area contributed by atoms with Gasteiger partial charge >= 0.3 is 0 Å². The maximum absolute atomic E-state index is 13.3. The third-order valence-corrected chi connectivity index (χ3v) is 6.09. The molecule has 0 radical (unpaired) electrons. The Morgan fingerprint density at radius 2 is 1.67 bits per heavy atom. The third kappa shape index (κ3) is 5.83. The number of aromatic nitrogens is 4. The molecule has 4 rings (SSSR count). The molecule has 2 aromatic carbocycles. The lowest BCUT2D eigenvalue weighted by Gasteiger charge is -2.08. The van der Waals surface area contributed by atoms with E-state index in [-0.39, 0.29) is 5.82 Å². The molecule has 11 heteroatoms. The van der Waals surface area contributed by atoms with E-state index >= 15 is 0 Å². The van der Waals surface area contributed by atoms with Crippen molar-refractivity contribution in [2.45, 2.75) is 20.0 Å². The van der Waals surface area contributed by atoms with Crippen LogP contribution in [0.5, 0.6) is 0 Å². The fraction of sp³-hybridized carbons (Fsp3) is 0.136. The van der Waals surface area contributed by atoms with Gasteiger partial charge in [0.05, 0.1) is 13.1 Å². The molecule has 2 heterocycles. The van der Waals surface area contributed by atoms with Crippen molar-refractivity contribution >= 4 is 63.8 Å². The molecule has 4 aromatic rings. The van der Waals surface area contributed by atoms with E-state index < -0.39 is 0 Å². The van der Waals surface area contributed by atoms with Crippen molar-refractivity contribution in [3.8, 4) is 0 Å². The molecule has 0 atom stereocenters. The average Bonchev–Trinajstić information content (AvgIpc) is 3.32. The largest absolute Gasteiger partial charge is 0.316 e. The van der Waals surface area contributed by atoms with E-state index in [1.165, 1.54) is 12.1 Å². The Hall–Kier alpha value is -2.65. The number of aryl methyl sites for hydroxylation is 1. The van der Waals surface area contributed by atoms with Crippen molar-refractivity contribution in [3.63, 3.8) is 0 Å². The van der Waals surface area contributed by atoms with E-state index in [1.807, 2.05) is 13.0 Å². The van der Waals surface area contributed by atoms with Crippen molar-refractivity contribution < 1.29 is 4.39 Å². The standard InChI is InChI=1S/C22H18Cl3FN6S/c1-13-9-21(30-32(13)11-14-5-6-15(26)10-19(14)25)28-22(33)27-20-7-8-31(29-20)12-16-17(23)3-2-4-18(16)24/h2-10H,11-12H2,1H3,(H2,27,28,29,30,33). The summed E-state index contributed by atoms with van der Waals surface area (Å²) in [6, 6.07) is 13.3. The summed E-state index contributed by atoms with van der Waals surface area (Å²) >= 11 is 24.0. The van der Waals surface area contributed by atoms with Crippen molar-refractivity contribution in [1.82, 2.24) is 19.6 Å². The molecule has 2 aromatic heterocycles. The molecule has 33 heavy (non-hydrogen) atoms. The quantitative estimate of drug-likeness (QED) is 0.287. The molecule has 0 saturated heterocycles. The summed E-state index contributed by atoms with van der Waals surface area (Å²) in [6.07, 6.45) is 1.80. The van der Waals surface area contributed by atoms with Crippen LogP contribution in [0, 0.1) is 12.7 Å². The van der Waals surface area contributed by atoms with Gasteiger partial charge in [0.2, 0.25) is 0 Å². The lowest BCUT2D eigenvalue weighted by atomic mass is 10.2. The molecule has 0 unspecified atom stereocenters. The fourth-order valence-electron chi connectivity index (χ4n) is 3.17. The molecule has 0 aliphatic carbocycles. The first-order valence-electron chi connectivity index (χ1n) is 9.81. The van der Waals surface area contributed by atoms with Gasteiger partial charge in [-0.15, -0.1) is 0 Å². The lowest BCUT2D eigenvalue weighted by Crippen LogP contribution is -2.20. The van der Waals surface area contributed by atoms with Crippen LogP contribution in [0.25, 0.3) is 0 Å². The monoisotopic (exact) mass is 522 g/mol. The first kappa shape index (κ1) is 23.5. The SMILES string of the molecule is Cc1cc(NC(=S)Nc2ccn(Cc3c(Cl)cccc3Cl)n2)nn1Cc1ccc(F)cc1Cl. The molecule has 0 amide bonds. The highest BCUT2D eigenvalue weighted by Crippen LogP contribution is 2.25. The van der Waals surface area contributed by atoms with Crippen LogP contribution in [0.1, 0.15) is 16.8 Å². The van der Waals surface area contributed by atoms with Crippen LogP contribution in [-0.2, 0) is 13.1 Å².